The Labute approximate surface area is 123 Å². The normalized spacial score (nSPS) is 9.76. The number of methoxy groups -OCH3 is 1. The first-order valence-corrected chi connectivity index (χ1v) is 6.31. The molecular formula is C16H15N3O2. The maximum absolute atomic E-state index is 12.4. The first-order chi connectivity index (χ1) is 10.1. The molecule has 1 amide bonds. The monoisotopic (exact) mass is 281 g/mol. The molecule has 0 fully saturated rings. The number of carbonyl (C=O) groups is 1. The number of aryl methyl sites for hydroxylation is 1. The number of hydrogen-bond acceptors (Lipinski definition) is 4. The van der Waals surface area contributed by atoms with Gasteiger partial charge in [-0.05, 0) is 36.8 Å². The third kappa shape index (κ3) is 2.95. The summed E-state index contributed by atoms with van der Waals surface area (Å²) in [6, 6.07) is 12.2. The van der Waals surface area contributed by atoms with Crippen LogP contribution in [0.5, 0.6) is 5.75 Å². The summed E-state index contributed by atoms with van der Waals surface area (Å²) in [5.41, 5.74) is 8.37. The number of nitrogens with two attached hydrogens (primary N) is 1. The number of amides is 1. The number of benzene rings is 2. The van der Waals surface area contributed by atoms with Gasteiger partial charge in [-0.3, -0.25) is 4.79 Å². The van der Waals surface area contributed by atoms with Gasteiger partial charge in [0.05, 0.1) is 18.7 Å². The first kappa shape index (κ1) is 14.4. The Morgan fingerprint density at radius 1 is 1.33 bits per heavy atom. The third-order valence-corrected chi connectivity index (χ3v) is 3.12. The SMILES string of the molecule is COc1cccc(N)c1C(=O)Nc1cc(C#N)ccc1C. The molecule has 0 atom stereocenters. The highest BCUT2D eigenvalue weighted by Gasteiger charge is 2.16. The molecule has 21 heavy (non-hydrogen) atoms. The zero-order valence-electron chi connectivity index (χ0n) is 11.8. The Kier molecular flexibility index (Phi) is 4.10. The molecule has 106 valence electrons. The minimum Gasteiger partial charge on any atom is -0.496 e. The quantitative estimate of drug-likeness (QED) is 0.847. The van der Waals surface area contributed by atoms with Crippen molar-refractivity contribution >= 4 is 17.3 Å². The highest BCUT2D eigenvalue weighted by Crippen LogP contribution is 2.26. The molecule has 0 spiro atoms. The van der Waals surface area contributed by atoms with Crippen molar-refractivity contribution in [1.82, 2.24) is 0 Å². The lowest BCUT2D eigenvalue weighted by molar-refractivity contribution is 0.102. The van der Waals surface area contributed by atoms with E-state index in [-0.39, 0.29) is 11.5 Å². The molecule has 0 aliphatic rings. The molecule has 0 aliphatic carbocycles. The maximum Gasteiger partial charge on any atom is 0.261 e. The van der Waals surface area contributed by atoms with E-state index in [1.807, 2.05) is 13.0 Å². The van der Waals surface area contributed by atoms with E-state index in [0.717, 1.165) is 5.56 Å². The van der Waals surface area contributed by atoms with Crippen LogP contribution in [-0.4, -0.2) is 13.0 Å². The fraction of sp³-hybridized carbons (Fsp3) is 0.125. The number of nitrogens with zero attached hydrogens (tertiary/aromatic N) is 1. The van der Waals surface area contributed by atoms with Crippen LogP contribution in [-0.2, 0) is 0 Å². The molecule has 0 unspecified atom stereocenters. The van der Waals surface area contributed by atoms with Crippen LogP contribution in [0.4, 0.5) is 11.4 Å². The second-order valence-corrected chi connectivity index (χ2v) is 4.52. The van der Waals surface area contributed by atoms with E-state index < -0.39 is 0 Å². The van der Waals surface area contributed by atoms with Crippen LogP contribution in [0.3, 0.4) is 0 Å². The third-order valence-electron chi connectivity index (χ3n) is 3.12. The molecule has 0 saturated heterocycles. The van der Waals surface area contributed by atoms with E-state index >= 15 is 0 Å². The highest BCUT2D eigenvalue weighted by atomic mass is 16.5. The van der Waals surface area contributed by atoms with Gasteiger partial charge in [0.1, 0.15) is 11.3 Å². The van der Waals surface area contributed by atoms with Gasteiger partial charge in [-0.2, -0.15) is 5.26 Å². The van der Waals surface area contributed by atoms with Crippen molar-refractivity contribution in [1.29, 1.82) is 5.26 Å². The predicted octanol–water partition coefficient (Wildman–Crippen LogP) is 2.71. The topological polar surface area (TPSA) is 88.1 Å². The van der Waals surface area contributed by atoms with Crippen molar-refractivity contribution in [3.05, 3.63) is 53.1 Å². The standard InChI is InChI=1S/C16H15N3O2/c1-10-6-7-11(9-17)8-13(10)19-16(20)15-12(18)4-3-5-14(15)21-2/h3-8H,18H2,1-2H3,(H,19,20). The summed E-state index contributed by atoms with van der Waals surface area (Å²) in [7, 11) is 1.48. The Balaban J connectivity index is 2.37. The van der Waals surface area contributed by atoms with E-state index in [1.165, 1.54) is 7.11 Å². The second kappa shape index (κ2) is 5.97. The molecule has 0 aliphatic heterocycles. The molecule has 0 bridgehead atoms. The summed E-state index contributed by atoms with van der Waals surface area (Å²) in [6.07, 6.45) is 0. The number of carbonyl (C=O) groups excluding carboxylic acids is 1. The number of rotatable bonds is 3. The fourth-order valence-corrected chi connectivity index (χ4v) is 1.97. The molecule has 5 nitrogen and oxygen atoms in total. The van der Waals surface area contributed by atoms with Crippen LogP contribution in [0.15, 0.2) is 36.4 Å². The van der Waals surface area contributed by atoms with E-state index in [1.54, 1.807) is 36.4 Å². The van der Waals surface area contributed by atoms with Gasteiger partial charge in [0.25, 0.3) is 5.91 Å². The molecule has 0 heterocycles. The largest absolute Gasteiger partial charge is 0.496 e. The molecule has 2 rings (SSSR count). The van der Waals surface area contributed by atoms with Gasteiger partial charge in [0, 0.05) is 11.4 Å². The fourth-order valence-electron chi connectivity index (χ4n) is 1.97. The molecule has 3 N–H and O–H groups in total. The summed E-state index contributed by atoms with van der Waals surface area (Å²) < 4.78 is 5.17. The second-order valence-electron chi connectivity index (χ2n) is 4.52. The van der Waals surface area contributed by atoms with Gasteiger partial charge in [-0.15, -0.1) is 0 Å². The lowest BCUT2D eigenvalue weighted by Gasteiger charge is -2.13. The minimum absolute atomic E-state index is 0.279. The number of hydrogen-bond donors (Lipinski definition) is 2. The van der Waals surface area contributed by atoms with Crippen LogP contribution in [0.2, 0.25) is 0 Å². The number of anilines is 2. The number of nitrogens with one attached hydrogen (secondary N) is 1. The average Bonchev–Trinajstić information content (AvgIpc) is 2.48. The average molecular weight is 281 g/mol. The van der Waals surface area contributed by atoms with Gasteiger partial charge in [-0.25, -0.2) is 0 Å². The van der Waals surface area contributed by atoms with Crippen LogP contribution in [0.1, 0.15) is 21.5 Å². The van der Waals surface area contributed by atoms with Gasteiger partial charge >= 0.3 is 0 Å². The summed E-state index contributed by atoms with van der Waals surface area (Å²) in [6.45, 7) is 1.85. The van der Waals surface area contributed by atoms with E-state index in [4.69, 9.17) is 15.7 Å². The zero-order chi connectivity index (χ0) is 15.4. The van der Waals surface area contributed by atoms with E-state index in [2.05, 4.69) is 5.32 Å². The smallest absolute Gasteiger partial charge is 0.261 e. The summed E-state index contributed by atoms with van der Waals surface area (Å²) in [5, 5.41) is 11.7. The highest BCUT2D eigenvalue weighted by molar-refractivity contribution is 6.10. The van der Waals surface area contributed by atoms with Gasteiger partial charge in [0.2, 0.25) is 0 Å². The van der Waals surface area contributed by atoms with Crippen LogP contribution in [0.25, 0.3) is 0 Å². The molecular weight excluding hydrogens is 266 g/mol. The van der Waals surface area contributed by atoms with Crippen molar-refractivity contribution < 1.29 is 9.53 Å². The maximum atomic E-state index is 12.4. The van der Waals surface area contributed by atoms with Crippen LogP contribution in [0, 0.1) is 18.3 Å². The summed E-state index contributed by atoms with van der Waals surface area (Å²) in [4.78, 5) is 12.4. The van der Waals surface area contributed by atoms with Gasteiger partial charge < -0.3 is 15.8 Å². The number of nitrogen functional groups attached to an aromatic ring is 1. The van der Waals surface area contributed by atoms with Crippen molar-refractivity contribution in [2.45, 2.75) is 6.92 Å². The molecule has 0 saturated carbocycles. The summed E-state index contributed by atoms with van der Waals surface area (Å²) in [5.74, 6) is 0.0322. The van der Waals surface area contributed by atoms with E-state index in [0.29, 0.717) is 22.7 Å². The van der Waals surface area contributed by atoms with Crippen LogP contribution < -0.4 is 15.8 Å². The predicted molar refractivity (Wildman–Crippen MR) is 81.3 cm³/mol. The molecule has 0 radical (unpaired) electrons. The van der Waals surface area contributed by atoms with Gasteiger partial charge in [-0.1, -0.05) is 12.1 Å². The molecule has 0 aromatic heterocycles. The van der Waals surface area contributed by atoms with Crippen molar-refractivity contribution in [3.63, 3.8) is 0 Å². The molecule has 5 heteroatoms. The molecule has 2 aromatic rings. The Bertz CT molecular complexity index is 733. The zero-order valence-corrected chi connectivity index (χ0v) is 11.8. The van der Waals surface area contributed by atoms with E-state index in [9.17, 15) is 4.79 Å². The Hall–Kier alpha value is -3.00. The lowest BCUT2D eigenvalue weighted by Crippen LogP contribution is -2.16. The van der Waals surface area contributed by atoms with Crippen molar-refractivity contribution in [3.8, 4) is 11.8 Å². The molecule has 2 aromatic carbocycles. The van der Waals surface area contributed by atoms with Gasteiger partial charge in [0.15, 0.2) is 0 Å². The first-order valence-electron chi connectivity index (χ1n) is 6.31. The Morgan fingerprint density at radius 3 is 2.76 bits per heavy atom. The van der Waals surface area contributed by atoms with Crippen molar-refractivity contribution in [2.75, 3.05) is 18.2 Å². The number of nitriles is 1. The summed E-state index contributed by atoms with van der Waals surface area (Å²) >= 11 is 0. The van der Waals surface area contributed by atoms with Crippen molar-refractivity contribution in [2.24, 2.45) is 0 Å². The lowest BCUT2D eigenvalue weighted by atomic mass is 10.1. The number of ether oxygens (including phenoxy) is 1. The Morgan fingerprint density at radius 2 is 2.10 bits per heavy atom. The minimum atomic E-state index is -0.372. The van der Waals surface area contributed by atoms with Crippen LogP contribution >= 0.6 is 0 Å².